The number of benzene rings is 1. The van der Waals surface area contributed by atoms with Crippen molar-refractivity contribution in [1.82, 2.24) is 0 Å². The molecule has 0 saturated carbocycles. The molecule has 0 amide bonds. The molecule has 4 heteroatoms. The maximum atomic E-state index is 12.1. The number of ether oxygens (including phenoxy) is 1. The van der Waals surface area contributed by atoms with Crippen molar-refractivity contribution >= 4 is 11.8 Å². The van der Waals surface area contributed by atoms with Crippen LogP contribution in [-0.2, 0) is 0 Å². The summed E-state index contributed by atoms with van der Waals surface area (Å²) in [6.45, 7) is 1.86. The van der Waals surface area contributed by atoms with Crippen molar-refractivity contribution in [3.63, 3.8) is 0 Å². The zero-order valence-corrected chi connectivity index (χ0v) is 8.20. The Bertz CT molecular complexity index is 289. The molecule has 0 atom stereocenters. The zero-order valence-electron chi connectivity index (χ0n) is 7.38. The second-order valence-corrected chi connectivity index (χ2v) is 3.56. The summed E-state index contributed by atoms with van der Waals surface area (Å²) in [6.07, 6.45) is 0. The Morgan fingerprint density at radius 3 is 2.62 bits per heavy atom. The van der Waals surface area contributed by atoms with E-state index < -0.39 is 5.76 Å². The van der Waals surface area contributed by atoms with E-state index in [1.165, 1.54) is 7.11 Å². The quantitative estimate of drug-likeness (QED) is 0.698. The maximum Gasteiger partial charge on any atom is 0.289 e. The Morgan fingerprint density at radius 1 is 1.38 bits per heavy atom. The molecule has 0 spiro atoms. The first-order chi connectivity index (χ1) is 6.13. The fourth-order valence-corrected chi connectivity index (χ4v) is 1.69. The fourth-order valence-electron chi connectivity index (χ4n) is 0.972. The summed E-state index contributed by atoms with van der Waals surface area (Å²) in [5.41, 5.74) is 0.948. The number of thioether (sulfide) groups is 1. The lowest BCUT2D eigenvalue weighted by Gasteiger charge is -2.07. The topological polar surface area (TPSA) is 9.23 Å². The number of hydrogen-bond donors (Lipinski definition) is 0. The van der Waals surface area contributed by atoms with E-state index in [1.807, 2.05) is 13.0 Å². The third-order valence-corrected chi connectivity index (χ3v) is 2.29. The van der Waals surface area contributed by atoms with Crippen LogP contribution in [0.25, 0.3) is 0 Å². The van der Waals surface area contributed by atoms with Crippen LogP contribution in [0.2, 0.25) is 0 Å². The van der Waals surface area contributed by atoms with Gasteiger partial charge in [0.25, 0.3) is 5.76 Å². The number of alkyl halides is 2. The highest BCUT2D eigenvalue weighted by atomic mass is 32.2. The van der Waals surface area contributed by atoms with E-state index in [0.717, 1.165) is 5.56 Å². The minimum Gasteiger partial charge on any atom is -0.496 e. The van der Waals surface area contributed by atoms with Crippen molar-refractivity contribution in [2.45, 2.75) is 17.6 Å². The van der Waals surface area contributed by atoms with Gasteiger partial charge in [0, 0.05) is 0 Å². The molecule has 0 radical (unpaired) electrons. The molecular weight excluding hydrogens is 194 g/mol. The number of hydrogen-bond acceptors (Lipinski definition) is 2. The lowest BCUT2D eigenvalue weighted by atomic mass is 10.2. The number of rotatable bonds is 3. The largest absolute Gasteiger partial charge is 0.496 e. The molecule has 0 saturated heterocycles. The summed E-state index contributed by atoms with van der Waals surface area (Å²) in [5, 5.41) is 0. The summed E-state index contributed by atoms with van der Waals surface area (Å²) in [7, 11) is 1.47. The average molecular weight is 204 g/mol. The van der Waals surface area contributed by atoms with Crippen LogP contribution in [0.3, 0.4) is 0 Å². The van der Waals surface area contributed by atoms with E-state index in [4.69, 9.17) is 4.74 Å². The molecule has 0 aromatic heterocycles. The maximum absolute atomic E-state index is 12.1. The summed E-state index contributed by atoms with van der Waals surface area (Å²) in [4.78, 5) is 0.484. The van der Waals surface area contributed by atoms with Crippen LogP contribution in [0.5, 0.6) is 5.75 Å². The molecule has 1 aromatic carbocycles. The number of halogens is 2. The normalized spacial score (nSPS) is 10.5. The molecular formula is C9H10F2OS. The van der Waals surface area contributed by atoms with Gasteiger partial charge in [0.15, 0.2) is 0 Å². The van der Waals surface area contributed by atoms with E-state index >= 15 is 0 Å². The summed E-state index contributed by atoms with van der Waals surface area (Å²) < 4.78 is 29.1. The molecule has 1 rings (SSSR count). The van der Waals surface area contributed by atoms with Crippen molar-refractivity contribution < 1.29 is 13.5 Å². The molecule has 0 N–H and O–H groups in total. The van der Waals surface area contributed by atoms with E-state index in [0.29, 0.717) is 22.4 Å². The predicted octanol–water partition coefficient (Wildman–Crippen LogP) is 3.32. The molecule has 1 aromatic rings. The molecule has 72 valence electrons. The van der Waals surface area contributed by atoms with Gasteiger partial charge in [-0.3, -0.25) is 0 Å². The lowest BCUT2D eigenvalue weighted by Crippen LogP contribution is -1.89. The first-order valence-corrected chi connectivity index (χ1v) is 4.61. The summed E-state index contributed by atoms with van der Waals surface area (Å²) >= 11 is 0.505. The van der Waals surface area contributed by atoms with Crippen LogP contribution < -0.4 is 4.74 Å². The Balaban J connectivity index is 2.94. The summed E-state index contributed by atoms with van der Waals surface area (Å²) in [5.74, 6) is -1.91. The van der Waals surface area contributed by atoms with Crippen LogP contribution in [0.4, 0.5) is 8.78 Å². The second kappa shape index (κ2) is 4.46. The minimum absolute atomic E-state index is 0.484. The third-order valence-electron chi connectivity index (χ3n) is 1.54. The molecule has 0 aliphatic rings. The monoisotopic (exact) mass is 204 g/mol. The van der Waals surface area contributed by atoms with Crippen LogP contribution in [-0.4, -0.2) is 12.9 Å². The van der Waals surface area contributed by atoms with Crippen molar-refractivity contribution in [3.8, 4) is 5.75 Å². The SMILES string of the molecule is COc1ccc(C)cc1SC(F)F. The Hall–Kier alpha value is -0.770. The Kier molecular flexibility index (Phi) is 3.54. The van der Waals surface area contributed by atoms with Crippen LogP contribution >= 0.6 is 11.8 Å². The van der Waals surface area contributed by atoms with Gasteiger partial charge in [0.05, 0.1) is 12.0 Å². The van der Waals surface area contributed by atoms with Gasteiger partial charge in [-0.25, -0.2) is 0 Å². The first kappa shape index (κ1) is 10.3. The van der Waals surface area contributed by atoms with Gasteiger partial charge in [-0.1, -0.05) is 17.8 Å². The standard InChI is InChI=1S/C9H10F2OS/c1-6-3-4-7(12-2)8(5-6)13-9(10)11/h3-5,9H,1-2H3. The van der Waals surface area contributed by atoms with Gasteiger partial charge in [0.2, 0.25) is 0 Å². The average Bonchev–Trinajstić information content (AvgIpc) is 2.03. The van der Waals surface area contributed by atoms with Crippen molar-refractivity contribution in [2.75, 3.05) is 7.11 Å². The van der Waals surface area contributed by atoms with E-state index in [9.17, 15) is 8.78 Å². The Labute approximate surface area is 80.1 Å². The predicted molar refractivity (Wildman–Crippen MR) is 49.6 cm³/mol. The highest BCUT2D eigenvalue weighted by molar-refractivity contribution is 7.99. The number of aryl methyl sites for hydroxylation is 1. The van der Waals surface area contributed by atoms with E-state index in [1.54, 1.807) is 12.1 Å². The third kappa shape index (κ3) is 2.88. The number of methoxy groups -OCH3 is 1. The van der Waals surface area contributed by atoms with Crippen LogP contribution in [0.1, 0.15) is 5.56 Å². The highest BCUT2D eigenvalue weighted by Gasteiger charge is 2.10. The molecule has 0 bridgehead atoms. The van der Waals surface area contributed by atoms with Crippen molar-refractivity contribution in [2.24, 2.45) is 0 Å². The van der Waals surface area contributed by atoms with Gasteiger partial charge >= 0.3 is 0 Å². The molecule has 1 nitrogen and oxygen atoms in total. The molecule has 0 aliphatic carbocycles. The van der Waals surface area contributed by atoms with Gasteiger partial charge in [-0.2, -0.15) is 8.78 Å². The molecule has 0 aliphatic heterocycles. The van der Waals surface area contributed by atoms with Gasteiger partial charge in [-0.05, 0) is 24.6 Å². The first-order valence-electron chi connectivity index (χ1n) is 3.73. The van der Waals surface area contributed by atoms with Crippen molar-refractivity contribution in [3.05, 3.63) is 23.8 Å². The molecule has 13 heavy (non-hydrogen) atoms. The smallest absolute Gasteiger partial charge is 0.289 e. The second-order valence-electron chi connectivity index (χ2n) is 2.53. The zero-order chi connectivity index (χ0) is 9.84. The molecule has 0 heterocycles. The van der Waals surface area contributed by atoms with Gasteiger partial charge < -0.3 is 4.74 Å². The Morgan fingerprint density at radius 2 is 2.08 bits per heavy atom. The van der Waals surface area contributed by atoms with Crippen molar-refractivity contribution in [1.29, 1.82) is 0 Å². The van der Waals surface area contributed by atoms with E-state index in [-0.39, 0.29) is 0 Å². The fraction of sp³-hybridized carbons (Fsp3) is 0.333. The molecule has 0 fully saturated rings. The van der Waals surface area contributed by atoms with Gasteiger partial charge in [-0.15, -0.1) is 0 Å². The lowest BCUT2D eigenvalue weighted by molar-refractivity contribution is 0.251. The highest BCUT2D eigenvalue weighted by Crippen LogP contribution is 2.33. The van der Waals surface area contributed by atoms with Crippen LogP contribution in [0.15, 0.2) is 23.1 Å². The molecule has 0 unspecified atom stereocenters. The minimum atomic E-state index is -2.41. The van der Waals surface area contributed by atoms with Crippen LogP contribution in [0, 0.1) is 6.92 Å². The summed E-state index contributed by atoms with van der Waals surface area (Å²) in [6, 6.07) is 5.21. The van der Waals surface area contributed by atoms with Gasteiger partial charge in [0.1, 0.15) is 5.75 Å². The van der Waals surface area contributed by atoms with E-state index in [2.05, 4.69) is 0 Å².